The predicted molar refractivity (Wildman–Crippen MR) is 128 cm³/mol. The number of anilines is 4. The molecule has 2 aromatic rings. The summed E-state index contributed by atoms with van der Waals surface area (Å²) < 4.78 is 11.0. The molecule has 2 N–H and O–H groups in total. The molecule has 0 aromatic heterocycles. The van der Waals surface area contributed by atoms with Crippen LogP contribution in [-0.2, 0) is 9.47 Å². The van der Waals surface area contributed by atoms with E-state index in [9.17, 15) is 14.9 Å². The van der Waals surface area contributed by atoms with Crippen LogP contribution in [-0.4, -0.2) is 70.0 Å². The summed E-state index contributed by atoms with van der Waals surface area (Å²) in [5, 5.41) is 17.4. The van der Waals surface area contributed by atoms with E-state index in [4.69, 9.17) is 9.47 Å². The Bertz CT molecular complexity index is 1000. The van der Waals surface area contributed by atoms with Crippen LogP contribution in [0.5, 0.6) is 0 Å². The van der Waals surface area contributed by atoms with Gasteiger partial charge in [-0.25, -0.2) is 0 Å². The van der Waals surface area contributed by atoms with Crippen LogP contribution in [0, 0.1) is 10.1 Å². The van der Waals surface area contributed by atoms with Crippen molar-refractivity contribution in [2.75, 3.05) is 79.6 Å². The Balaban J connectivity index is 1.61. The molecule has 2 heterocycles. The second-order valence-corrected chi connectivity index (χ2v) is 7.87. The molecular weight excluding hydrogens is 426 g/mol. The second kappa shape index (κ2) is 10.5. The Hall–Kier alpha value is -3.37. The van der Waals surface area contributed by atoms with Gasteiger partial charge in [0.15, 0.2) is 0 Å². The first kappa shape index (κ1) is 22.8. The molecule has 0 bridgehead atoms. The zero-order chi connectivity index (χ0) is 23.2. The second-order valence-electron chi connectivity index (χ2n) is 7.87. The maximum Gasteiger partial charge on any atom is 0.293 e. The molecule has 33 heavy (non-hydrogen) atoms. The van der Waals surface area contributed by atoms with Gasteiger partial charge in [-0.05, 0) is 37.3 Å². The van der Waals surface area contributed by atoms with Crippen molar-refractivity contribution in [3.63, 3.8) is 0 Å². The zero-order valence-electron chi connectivity index (χ0n) is 18.7. The number of carbonyl (C=O) groups is 1. The molecule has 1 amide bonds. The van der Waals surface area contributed by atoms with E-state index in [1.54, 1.807) is 12.1 Å². The highest BCUT2D eigenvalue weighted by Gasteiger charge is 2.21. The number of carbonyl (C=O) groups excluding carboxylic acids is 1. The smallest absolute Gasteiger partial charge is 0.293 e. The molecule has 2 aliphatic heterocycles. The standard InChI is InChI=1S/C23H29N5O5/c1-2-24-19-5-3-17(15-22(19)28(30)31)23(29)25-20-6-4-18(26-7-11-32-12-8-26)16-21(20)27-9-13-33-14-10-27/h3-6,15-16,24H,2,7-14H2,1H3,(H,25,29). The number of rotatable bonds is 7. The number of nitrogens with one attached hydrogen (secondary N) is 2. The fourth-order valence-corrected chi connectivity index (χ4v) is 4.07. The number of hydrogen-bond acceptors (Lipinski definition) is 8. The lowest BCUT2D eigenvalue weighted by Gasteiger charge is -2.33. The van der Waals surface area contributed by atoms with Crippen molar-refractivity contribution < 1.29 is 19.2 Å². The molecule has 2 aromatic carbocycles. The molecule has 0 unspecified atom stereocenters. The van der Waals surface area contributed by atoms with Crippen molar-refractivity contribution in [1.82, 2.24) is 0 Å². The van der Waals surface area contributed by atoms with Crippen LogP contribution >= 0.6 is 0 Å². The average Bonchev–Trinajstić information content (AvgIpc) is 2.85. The highest BCUT2D eigenvalue weighted by atomic mass is 16.6. The minimum absolute atomic E-state index is 0.124. The van der Waals surface area contributed by atoms with E-state index in [2.05, 4.69) is 26.5 Å². The molecule has 176 valence electrons. The first-order valence-corrected chi connectivity index (χ1v) is 11.2. The third-order valence-electron chi connectivity index (χ3n) is 5.78. The number of ether oxygens (including phenoxy) is 2. The van der Waals surface area contributed by atoms with E-state index in [1.165, 1.54) is 6.07 Å². The maximum atomic E-state index is 13.1. The molecule has 4 rings (SSSR count). The van der Waals surface area contributed by atoms with E-state index in [0.717, 1.165) is 37.6 Å². The van der Waals surface area contributed by atoms with Gasteiger partial charge in [0.25, 0.3) is 11.6 Å². The van der Waals surface area contributed by atoms with E-state index >= 15 is 0 Å². The summed E-state index contributed by atoms with van der Waals surface area (Å²) in [5.41, 5.74) is 3.15. The fraction of sp³-hybridized carbons (Fsp3) is 0.435. The molecule has 2 saturated heterocycles. The topological polar surface area (TPSA) is 109 Å². The number of nitro benzene ring substituents is 1. The summed E-state index contributed by atoms with van der Waals surface area (Å²) >= 11 is 0. The lowest BCUT2D eigenvalue weighted by atomic mass is 10.1. The highest BCUT2D eigenvalue weighted by molar-refractivity contribution is 6.07. The third kappa shape index (κ3) is 5.35. The van der Waals surface area contributed by atoms with Gasteiger partial charge < -0.3 is 29.9 Å². The highest BCUT2D eigenvalue weighted by Crippen LogP contribution is 2.33. The molecule has 0 aliphatic carbocycles. The van der Waals surface area contributed by atoms with Gasteiger partial charge in [0.05, 0.1) is 42.7 Å². The monoisotopic (exact) mass is 455 g/mol. The van der Waals surface area contributed by atoms with Crippen molar-refractivity contribution in [1.29, 1.82) is 0 Å². The Morgan fingerprint density at radius 2 is 1.61 bits per heavy atom. The van der Waals surface area contributed by atoms with Crippen LogP contribution in [0.25, 0.3) is 0 Å². The summed E-state index contributed by atoms with van der Waals surface area (Å²) in [7, 11) is 0. The van der Waals surface area contributed by atoms with Crippen LogP contribution in [0.15, 0.2) is 36.4 Å². The van der Waals surface area contributed by atoms with Crippen molar-refractivity contribution >= 4 is 34.3 Å². The minimum Gasteiger partial charge on any atom is -0.380 e. The van der Waals surface area contributed by atoms with Crippen LogP contribution in [0.3, 0.4) is 0 Å². The van der Waals surface area contributed by atoms with Gasteiger partial charge in [-0.1, -0.05) is 0 Å². The Kier molecular flexibility index (Phi) is 7.26. The van der Waals surface area contributed by atoms with E-state index in [-0.39, 0.29) is 11.3 Å². The zero-order valence-corrected chi connectivity index (χ0v) is 18.7. The van der Waals surface area contributed by atoms with Gasteiger partial charge in [-0.3, -0.25) is 14.9 Å². The number of nitro groups is 1. The van der Waals surface area contributed by atoms with Crippen LogP contribution < -0.4 is 20.4 Å². The molecule has 2 fully saturated rings. The quantitative estimate of drug-likeness (QED) is 0.485. The van der Waals surface area contributed by atoms with Gasteiger partial charge >= 0.3 is 0 Å². The SMILES string of the molecule is CCNc1ccc(C(=O)Nc2ccc(N3CCOCC3)cc2N2CCOCC2)cc1[N+](=O)[O-]. The Labute approximate surface area is 192 Å². The van der Waals surface area contributed by atoms with E-state index in [1.807, 2.05) is 19.1 Å². The number of amides is 1. The molecule has 10 heteroatoms. The number of morpholine rings is 2. The molecule has 0 spiro atoms. The van der Waals surface area contributed by atoms with Crippen LogP contribution in [0.4, 0.5) is 28.4 Å². The van der Waals surface area contributed by atoms with Crippen molar-refractivity contribution in [3.05, 3.63) is 52.1 Å². The number of hydrogen-bond donors (Lipinski definition) is 2. The minimum atomic E-state index is -0.481. The lowest BCUT2D eigenvalue weighted by Crippen LogP contribution is -2.38. The average molecular weight is 456 g/mol. The molecule has 2 aliphatic rings. The largest absolute Gasteiger partial charge is 0.380 e. The normalized spacial score (nSPS) is 16.4. The third-order valence-corrected chi connectivity index (χ3v) is 5.78. The lowest BCUT2D eigenvalue weighted by molar-refractivity contribution is -0.384. The van der Waals surface area contributed by atoms with Crippen LogP contribution in [0.1, 0.15) is 17.3 Å². The van der Waals surface area contributed by atoms with Crippen LogP contribution in [0.2, 0.25) is 0 Å². The van der Waals surface area contributed by atoms with Gasteiger partial charge in [0, 0.05) is 50.0 Å². The number of benzene rings is 2. The van der Waals surface area contributed by atoms with Gasteiger partial charge in [0.2, 0.25) is 0 Å². The van der Waals surface area contributed by atoms with Gasteiger partial charge in [-0.15, -0.1) is 0 Å². The van der Waals surface area contributed by atoms with E-state index < -0.39 is 10.8 Å². The predicted octanol–water partition coefficient (Wildman–Crippen LogP) is 2.95. The molecule has 10 nitrogen and oxygen atoms in total. The van der Waals surface area contributed by atoms with E-state index in [0.29, 0.717) is 44.3 Å². The summed E-state index contributed by atoms with van der Waals surface area (Å²) in [6.07, 6.45) is 0. The number of nitrogens with zero attached hydrogens (tertiary/aromatic N) is 3. The Morgan fingerprint density at radius 3 is 2.24 bits per heavy atom. The molecule has 0 atom stereocenters. The molecule has 0 saturated carbocycles. The summed E-state index contributed by atoms with van der Waals surface area (Å²) in [6, 6.07) is 10.4. The van der Waals surface area contributed by atoms with Crippen molar-refractivity contribution in [2.24, 2.45) is 0 Å². The Morgan fingerprint density at radius 1 is 0.970 bits per heavy atom. The van der Waals surface area contributed by atoms with Gasteiger partial charge in [-0.2, -0.15) is 0 Å². The van der Waals surface area contributed by atoms with Crippen molar-refractivity contribution in [3.8, 4) is 0 Å². The summed E-state index contributed by atoms with van der Waals surface area (Å²) in [4.78, 5) is 28.5. The first-order chi connectivity index (χ1) is 16.1. The first-order valence-electron chi connectivity index (χ1n) is 11.2. The summed E-state index contributed by atoms with van der Waals surface area (Å²) in [5.74, 6) is -0.394. The molecular formula is C23H29N5O5. The fourth-order valence-electron chi connectivity index (χ4n) is 4.07. The van der Waals surface area contributed by atoms with Gasteiger partial charge in [0.1, 0.15) is 5.69 Å². The summed E-state index contributed by atoms with van der Waals surface area (Å²) in [6.45, 7) is 8.09. The molecule has 0 radical (unpaired) electrons. The van der Waals surface area contributed by atoms with Crippen molar-refractivity contribution in [2.45, 2.75) is 6.92 Å². The maximum absolute atomic E-state index is 13.1.